The molecule has 0 atom stereocenters. The zero-order chi connectivity index (χ0) is 28.0. The van der Waals surface area contributed by atoms with E-state index in [4.69, 9.17) is 0 Å². The molecule has 0 heterocycles. The van der Waals surface area contributed by atoms with Crippen molar-refractivity contribution in [2.24, 2.45) is 4.99 Å². The summed E-state index contributed by atoms with van der Waals surface area (Å²) in [5.41, 5.74) is 3.10. The maximum atomic E-state index is 11.1. The van der Waals surface area contributed by atoms with E-state index in [2.05, 4.69) is 46.2 Å². The second-order valence-electron chi connectivity index (χ2n) is 10.4. The van der Waals surface area contributed by atoms with E-state index in [0.717, 1.165) is 49.1 Å². The number of carbonyl (C=O) groups is 1. The summed E-state index contributed by atoms with van der Waals surface area (Å²) >= 11 is 0. The number of unbranched alkanes of at least 4 members (excludes halogenated alkanes) is 16. The number of nitrogens with zero attached hydrogens (tertiary/aromatic N) is 1. The van der Waals surface area contributed by atoms with Crippen molar-refractivity contribution in [1.29, 1.82) is 0 Å². The normalized spacial score (nSPS) is 11.2. The van der Waals surface area contributed by atoms with Crippen LogP contribution in [0.5, 0.6) is 0 Å². The molecule has 0 rings (SSSR count). The van der Waals surface area contributed by atoms with Gasteiger partial charge in [0.15, 0.2) is 0 Å². The van der Waals surface area contributed by atoms with Gasteiger partial charge in [0, 0.05) is 13.0 Å². The van der Waals surface area contributed by atoms with Crippen molar-refractivity contribution in [2.75, 3.05) is 6.54 Å². The fourth-order valence-corrected chi connectivity index (χ4v) is 4.39. The molecule has 3 heteroatoms. The van der Waals surface area contributed by atoms with Crippen LogP contribution in [0.2, 0.25) is 0 Å². The molecule has 0 aromatic rings. The third kappa shape index (κ3) is 33.4. The third-order valence-corrected chi connectivity index (χ3v) is 6.77. The second kappa shape index (κ2) is 37.3. The number of aliphatic imine (C=N–C) groups is 1. The Morgan fingerprint density at radius 3 is 1.44 bits per heavy atom. The summed E-state index contributed by atoms with van der Waals surface area (Å²) in [5, 5.41) is 0. The average Bonchev–Trinajstić information content (AvgIpc) is 2.90. The number of rotatable bonds is 25. The van der Waals surface area contributed by atoms with Gasteiger partial charge in [0.25, 0.3) is 0 Å². The monoisotopic (exact) mass is 537 g/mol. The molecule has 0 saturated heterocycles. The molecule has 0 aliphatic rings. The molecule has 39 heavy (non-hydrogen) atoms. The first-order chi connectivity index (χ1) is 18.0. The standard InChI is InChI=1S/C18H35O.C17H29N.CH3.Li/c1-3-5-6-7-8-9-10-11-12-13-14-15-16-17-18(19)4-2;1-6-9-10-11-12-14-16(5)17(18-8-3)15(4)13-7-2;;/h2-17H2,1H3;13H,2,4-12,14H2,1,3H3;1H3;/q-1;-2;-1;+1/b;15-13+,18-17?;;. The van der Waals surface area contributed by atoms with Crippen molar-refractivity contribution in [3.63, 3.8) is 0 Å². The van der Waals surface area contributed by atoms with Crippen molar-refractivity contribution >= 4 is 11.5 Å². The van der Waals surface area contributed by atoms with Gasteiger partial charge >= 0.3 is 18.9 Å². The number of allylic oxidation sites excluding steroid dienone is 3. The van der Waals surface area contributed by atoms with Crippen LogP contribution in [0.15, 0.2) is 28.8 Å². The fraction of sp³-hybridized carbons (Fsp3) is 0.722. The summed E-state index contributed by atoms with van der Waals surface area (Å²) in [5.74, 6) is 0.322. The zero-order valence-electron chi connectivity index (χ0n) is 27.5. The quantitative estimate of drug-likeness (QED) is 0.0495. The van der Waals surface area contributed by atoms with Crippen molar-refractivity contribution < 1.29 is 23.7 Å². The maximum absolute atomic E-state index is 11.1. The molecule has 226 valence electrons. The molecule has 0 bridgehead atoms. The topological polar surface area (TPSA) is 29.4 Å². The van der Waals surface area contributed by atoms with Gasteiger partial charge in [-0.05, 0) is 25.5 Å². The molecular formula is C36H67LiNO-3. The van der Waals surface area contributed by atoms with E-state index in [1.165, 1.54) is 109 Å². The van der Waals surface area contributed by atoms with Crippen LogP contribution < -0.4 is 18.9 Å². The molecule has 0 amide bonds. The van der Waals surface area contributed by atoms with Gasteiger partial charge in [-0.2, -0.15) is 12.5 Å². The first kappa shape index (κ1) is 45.3. The molecule has 0 fully saturated rings. The summed E-state index contributed by atoms with van der Waals surface area (Å²) in [4.78, 5) is 15.6. The van der Waals surface area contributed by atoms with E-state index >= 15 is 0 Å². The summed E-state index contributed by atoms with van der Waals surface area (Å²) in [6.07, 6.45) is 29.2. The molecule has 0 aromatic heterocycles. The first-order valence-corrected chi connectivity index (χ1v) is 15.8. The minimum absolute atomic E-state index is 0. The van der Waals surface area contributed by atoms with E-state index < -0.39 is 0 Å². The summed E-state index contributed by atoms with van der Waals surface area (Å²) in [7, 11) is 0. The van der Waals surface area contributed by atoms with Crippen LogP contribution in [0.1, 0.15) is 162 Å². The molecular weight excluding hydrogens is 469 g/mol. The molecule has 0 aliphatic heterocycles. The van der Waals surface area contributed by atoms with Crippen LogP contribution >= 0.6 is 0 Å². The summed E-state index contributed by atoms with van der Waals surface area (Å²) in [6.45, 7) is 23.0. The first-order valence-electron chi connectivity index (χ1n) is 15.8. The van der Waals surface area contributed by atoms with Gasteiger partial charge in [0.1, 0.15) is 5.78 Å². The number of carbonyl (C=O) groups excluding carboxylic acids is 1. The number of Topliss-reactive ketones (excluding diaryl/α,β-unsaturated/α-hetero) is 1. The van der Waals surface area contributed by atoms with Gasteiger partial charge in [-0.25, -0.2) is 12.5 Å². The van der Waals surface area contributed by atoms with Crippen LogP contribution in [0.4, 0.5) is 0 Å². The third-order valence-electron chi connectivity index (χ3n) is 6.77. The minimum Gasteiger partial charge on any atom is -0.358 e. The zero-order valence-corrected chi connectivity index (χ0v) is 27.5. The van der Waals surface area contributed by atoms with Gasteiger partial charge in [0.05, 0.1) is 0 Å². The van der Waals surface area contributed by atoms with E-state index in [9.17, 15) is 4.79 Å². The second-order valence-corrected chi connectivity index (χ2v) is 10.4. The van der Waals surface area contributed by atoms with Gasteiger partial charge in [-0.15, -0.1) is 13.0 Å². The van der Waals surface area contributed by atoms with Gasteiger partial charge in [-0.3, -0.25) is 0 Å². The molecule has 0 N–H and O–H groups in total. The van der Waals surface area contributed by atoms with Crippen molar-refractivity contribution in [1.82, 2.24) is 0 Å². The Morgan fingerprint density at radius 2 is 1.08 bits per heavy atom. The molecule has 0 aliphatic carbocycles. The van der Waals surface area contributed by atoms with Crippen molar-refractivity contribution in [3.05, 3.63) is 52.0 Å². The number of ketones is 1. The smallest absolute Gasteiger partial charge is 0.358 e. The molecule has 0 saturated carbocycles. The molecule has 0 unspecified atom stereocenters. The Bertz CT molecular complexity index is 579. The molecule has 0 spiro atoms. The van der Waals surface area contributed by atoms with Crippen LogP contribution in [0, 0.1) is 28.2 Å². The Kier molecular flexibility index (Phi) is 43.3. The number of hydrogen-bond donors (Lipinski definition) is 0. The Balaban J connectivity index is -0.000000299. The fourth-order valence-electron chi connectivity index (χ4n) is 4.39. The van der Waals surface area contributed by atoms with Gasteiger partial charge in [0.2, 0.25) is 0 Å². The molecule has 0 radical (unpaired) electrons. The van der Waals surface area contributed by atoms with Crippen LogP contribution in [0.3, 0.4) is 0 Å². The minimum atomic E-state index is 0. The van der Waals surface area contributed by atoms with Crippen LogP contribution in [-0.2, 0) is 4.79 Å². The van der Waals surface area contributed by atoms with Crippen LogP contribution in [-0.4, -0.2) is 18.0 Å². The van der Waals surface area contributed by atoms with E-state index in [-0.39, 0.29) is 26.3 Å². The summed E-state index contributed by atoms with van der Waals surface area (Å²) in [6, 6.07) is 0. The van der Waals surface area contributed by atoms with Gasteiger partial charge in [-0.1, -0.05) is 129 Å². The Hall–Kier alpha value is -0.713. The predicted octanol–water partition coefficient (Wildman–Crippen LogP) is 9.06. The summed E-state index contributed by atoms with van der Waals surface area (Å²) < 4.78 is 0. The largest absolute Gasteiger partial charge is 1.00 e. The van der Waals surface area contributed by atoms with Gasteiger partial charge < -0.3 is 31.1 Å². The van der Waals surface area contributed by atoms with Crippen molar-refractivity contribution in [2.45, 2.75) is 162 Å². The Morgan fingerprint density at radius 1 is 0.692 bits per heavy atom. The van der Waals surface area contributed by atoms with Crippen LogP contribution in [0.25, 0.3) is 0 Å². The number of hydrogen-bond acceptors (Lipinski definition) is 2. The van der Waals surface area contributed by atoms with E-state index in [1.807, 2.05) is 13.0 Å². The maximum Gasteiger partial charge on any atom is 1.00 e. The SMILES string of the molecule is C=C(CCCCCCC)C(=NCC)/C([CH2-])=C/C[CH2-].[CH2-]CC(=O)CCCCCCCCCCCCCCC.[CH3-].[Li+]. The predicted molar refractivity (Wildman–Crippen MR) is 176 cm³/mol. The molecule has 0 aromatic carbocycles. The van der Waals surface area contributed by atoms with E-state index in [0.29, 0.717) is 12.2 Å². The average molecular weight is 537 g/mol. The molecule has 2 nitrogen and oxygen atoms in total. The Labute approximate surface area is 259 Å². The van der Waals surface area contributed by atoms with Crippen molar-refractivity contribution in [3.8, 4) is 0 Å². The van der Waals surface area contributed by atoms with E-state index in [1.54, 1.807) is 0 Å².